The van der Waals surface area contributed by atoms with Crippen LogP contribution < -0.4 is 4.90 Å². The van der Waals surface area contributed by atoms with Crippen LogP contribution >= 0.6 is 0 Å². The SMILES string of the molecule is Cc1cccc(N2C(=O)CC(c3ccccc3)C3=C2CC(C)(C)CC3=O)c1. The van der Waals surface area contributed by atoms with Crippen LogP contribution in [0.4, 0.5) is 5.69 Å². The molecule has 3 nitrogen and oxygen atoms in total. The number of anilines is 1. The molecule has 1 aliphatic heterocycles. The molecule has 0 bridgehead atoms. The lowest BCUT2D eigenvalue weighted by atomic mass is 9.69. The van der Waals surface area contributed by atoms with E-state index >= 15 is 0 Å². The van der Waals surface area contributed by atoms with Gasteiger partial charge in [0.15, 0.2) is 5.78 Å². The summed E-state index contributed by atoms with van der Waals surface area (Å²) in [6.07, 6.45) is 1.60. The van der Waals surface area contributed by atoms with E-state index in [0.717, 1.165) is 34.5 Å². The zero-order valence-electron chi connectivity index (χ0n) is 16.2. The van der Waals surface area contributed by atoms with Crippen molar-refractivity contribution in [2.24, 2.45) is 5.41 Å². The Bertz CT molecular complexity index is 940. The molecule has 0 spiro atoms. The second-order valence-electron chi connectivity index (χ2n) is 8.54. The molecule has 3 heteroatoms. The van der Waals surface area contributed by atoms with E-state index in [1.54, 1.807) is 4.90 Å². The fourth-order valence-corrected chi connectivity index (χ4v) is 4.45. The Hall–Kier alpha value is -2.68. The molecule has 0 saturated carbocycles. The van der Waals surface area contributed by atoms with Crippen molar-refractivity contribution in [2.45, 2.75) is 46.0 Å². The Kier molecular flexibility index (Phi) is 4.26. The van der Waals surface area contributed by atoms with Gasteiger partial charge in [-0.1, -0.05) is 56.3 Å². The van der Waals surface area contributed by atoms with Gasteiger partial charge in [0, 0.05) is 35.7 Å². The normalized spacial score (nSPS) is 22.0. The number of rotatable bonds is 2. The van der Waals surface area contributed by atoms with Crippen LogP contribution in [-0.2, 0) is 9.59 Å². The van der Waals surface area contributed by atoms with Crippen LogP contribution in [0.15, 0.2) is 65.9 Å². The van der Waals surface area contributed by atoms with Crippen molar-refractivity contribution in [2.75, 3.05) is 4.90 Å². The first kappa shape index (κ1) is 17.7. The molecular formula is C24H25NO2. The smallest absolute Gasteiger partial charge is 0.232 e. The minimum absolute atomic E-state index is 0.0682. The van der Waals surface area contributed by atoms with Crippen molar-refractivity contribution in [1.82, 2.24) is 0 Å². The molecule has 1 aliphatic carbocycles. The van der Waals surface area contributed by atoms with Gasteiger partial charge in [-0.15, -0.1) is 0 Å². The monoisotopic (exact) mass is 359 g/mol. The summed E-state index contributed by atoms with van der Waals surface area (Å²) < 4.78 is 0. The molecule has 0 aromatic heterocycles. The van der Waals surface area contributed by atoms with Gasteiger partial charge in [0.1, 0.15) is 0 Å². The number of nitrogens with zero attached hydrogens (tertiary/aromatic N) is 1. The second kappa shape index (κ2) is 6.49. The molecule has 2 aromatic carbocycles. The van der Waals surface area contributed by atoms with Gasteiger partial charge in [-0.25, -0.2) is 0 Å². The first-order valence-electron chi connectivity index (χ1n) is 9.56. The van der Waals surface area contributed by atoms with E-state index in [9.17, 15) is 9.59 Å². The Labute approximate surface area is 160 Å². The number of aryl methyl sites for hydroxylation is 1. The minimum atomic E-state index is -0.142. The number of carbonyl (C=O) groups excluding carboxylic acids is 2. The lowest BCUT2D eigenvalue weighted by molar-refractivity contribution is -0.121. The van der Waals surface area contributed by atoms with Crippen LogP contribution in [0.2, 0.25) is 0 Å². The van der Waals surface area contributed by atoms with E-state index in [1.807, 2.05) is 61.5 Å². The van der Waals surface area contributed by atoms with E-state index < -0.39 is 0 Å². The fraction of sp³-hybridized carbons (Fsp3) is 0.333. The van der Waals surface area contributed by atoms with Crippen LogP contribution in [0.25, 0.3) is 0 Å². The summed E-state index contributed by atoms with van der Waals surface area (Å²) in [6.45, 7) is 6.25. The zero-order valence-corrected chi connectivity index (χ0v) is 16.2. The molecule has 0 radical (unpaired) electrons. The third-order valence-corrected chi connectivity index (χ3v) is 5.60. The van der Waals surface area contributed by atoms with Gasteiger partial charge in [0.2, 0.25) is 5.91 Å². The third-order valence-electron chi connectivity index (χ3n) is 5.60. The van der Waals surface area contributed by atoms with Crippen molar-refractivity contribution in [3.8, 4) is 0 Å². The predicted molar refractivity (Wildman–Crippen MR) is 108 cm³/mol. The van der Waals surface area contributed by atoms with Crippen molar-refractivity contribution in [3.63, 3.8) is 0 Å². The third kappa shape index (κ3) is 3.23. The molecule has 1 amide bonds. The molecule has 1 atom stereocenters. The molecule has 1 heterocycles. The highest BCUT2D eigenvalue weighted by atomic mass is 16.2. The Morgan fingerprint density at radius 2 is 1.70 bits per heavy atom. The van der Waals surface area contributed by atoms with Gasteiger partial charge in [0.25, 0.3) is 0 Å². The number of hydrogen-bond donors (Lipinski definition) is 0. The van der Waals surface area contributed by atoms with Crippen molar-refractivity contribution >= 4 is 17.4 Å². The number of Topliss-reactive ketones (excluding diaryl/α,β-unsaturated/α-hetero) is 1. The average molecular weight is 359 g/mol. The maximum Gasteiger partial charge on any atom is 0.232 e. The summed E-state index contributed by atoms with van der Waals surface area (Å²) in [7, 11) is 0. The topological polar surface area (TPSA) is 37.4 Å². The van der Waals surface area contributed by atoms with Gasteiger partial charge < -0.3 is 0 Å². The van der Waals surface area contributed by atoms with E-state index in [1.165, 1.54) is 0 Å². The highest BCUT2D eigenvalue weighted by Crippen LogP contribution is 2.48. The molecule has 0 fully saturated rings. The van der Waals surface area contributed by atoms with Crippen LogP contribution in [0.3, 0.4) is 0 Å². The summed E-state index contributed by atoms with van der Waals surface area (Å²) in [6, 6.07) is 18.0. The van der Waals surface area contributed by atoms with Gasteiger partial charge in [-0.05, 0) is 42.0 Å². The highest BCUT2D eigenvalue weighted by molar-refractivity contribution is 6.07. The largest absolute Gasteiger partial charge is 0.294 e. The number of hydrogen-bond acceptors (Lipinski definition) is 2. The lowest BCUT2D eigenvalue weighted by Crippen LogP contribution is -2.43. The molecule has 2 aromatic rings. The summed E-state index contributed by atoms with van der Waals surface area (Å²) in [4.78, 5) is 28.2. The maximum absolute atomic E-state index is 13.2. The van der Waals surface area contributed by atoms with Crippen molar-refractivity contribution in [1.29, 1.82) is 0 Å². The number of benzene rings is 2. The molecule has 2 aliphatic rings. The van der Waals surface area contributed by atoms with Crippen LogP contribution in [0.1, 0.15) is 50.2 Å². The van der Waals surface area contributed by atoms with Gasteiger partial charge in [0.05, 0.1) is 0 Å². The molecule has 27 heavy (non-hydrogen) atoms. The summed E-state index contributed by atoms with van der Waals surface area (Å²) >= 11 is 0. The van der Waals surface area contributed by atoms with E-state index in [-0.39, 0.29) is 23.0 Å². The first-order valence-corrected chi connectivity index (χ1v) is 9.56. The number of carbonyl (C=O) groups is 2. The lowest BCUT2D eigenvalue weighted by Gasteiger charge is -2.43. The standard InChI is InChI=1S/C24H25NO2/c1-16-8-7-11-18(12-16)25-20-14-24(2,3)15-21(26)23(20)19(13-22(25)27)17-9-5-4-6-10-17/h4-12,19H,13-15H2,1-3H3. The van der Waals surface area contributed by atoms with Crippen molar-refractivity contribution in [3.05, 3.63) is 77.0 Å². The molecule has 138 valence electrons. The number of ketones is 1. The average Bonchev–Trinajstić information content (AvgIpc) is 2.60. The summed E-state index contributed by atoms with van der Waals surface area (Å²) in [5.41, 5.74) is 4.61. The summed E-state index contributed by atoms with van der Waals surface area (Å²) in [5.74, 6) is 0.109. The Morgan fingerprint density at radius 3 is 2.41 bits per heavy atom. The maximum atomic E-state index is 13.2. The molecule has 0 saturated heterocycles. The number of allylic oxidation sites excluding steroid dienone is 2. The first-order chi connectivity index (χ1) is 12.9. The van der Waals surface area contributed by atoms with Crippen LogP contribution in [0, 0.1) is 12.3 Å². The quantitative estimate of drug-likeness (QED) is 0.743. The molecule has 1 unspecified atom stereocenters. The molecular weight excluding hydrogens is 334 g/mol. The Balaban J connectivity index is 1.91. The van der Waals surface area contributed by atoms with Crippen LogP contribution in [0.5, 0.6) is 0 Å². The van der Waals surface area contributed by atoms with Gasteiger partial charge in [-0.2, -0.15) is 0 Å². The highest BCUT2D eigenvalue weighted by Gasteiger charge is 2.44. The van der Waals surface area contributed by atoms with Crippen molar-refractivity contribution < 1.29 is 9.59 Å². The Morgan fingerprint density at radius 1 is 0.963 bits per heavy atom. The molecule has 4 rings (SSSR count). The van der Waals surface area contributed by atoms with E-state index in [2.05, 4.69) is 13.8 Å². The molecule has 0 N–H and O–H groups in total. The van der Waals surface area contributed by atoms with Gasteiger partial charge >= 0.3 is 0 Å². The second-order valence-corrected chi connectivity index (χ2v) is 8.54. The van der Waals surface area contributed by atoms with Crippen LogP contribution in [-0.4, -0.2) is 11.7 Å². The van der Waals surface area contributed by atoms with E-state index in [4.69, 9.17) is 0 Å². The van der Waals surface area contributed by atoms with Gasteiger partial charge in [-0.3, -0.25) is 14.5 Å². The predicted octanol–water partition coefficient (Wildman–Crippen LogP) is 5.16. The number of amides is 1. The zero-order chi connectivity index (χ0) is 19.2. The minimum Gasteiger partial charge on any atom is -0.294 e. The fourth-order valence-electron chi connectivity index (χ4n) is 4.45. The van der Waals surface area contributed by atoms with E-state index in [0.29, 0.717) is 12.8 Å². The summed E-state index contributed by atoms with van der Waals surface area (Å²) in [5, 5.41) is 0.